The minimum absolute atomic E-state index is 0.770. The fraction of sp³-hybridized carbons (Fsp3) is 0.833. The molecule has 0 radical (unpaired) electrons. The third-order valence-electron chi connectivity index (χ3n) is 2.54. The molecule has 0 saturated heterocycles. The van der Waals surface area contributed by atoms with Crippen molar-refractivity contribution in [1.82, 2.24) is 5.32 Å². The lowest BCUT2D eigenvalue weighted by molar-refractivity contribution is 0.565. The Labute approximate surface area is 82.6 Å². The average Bonchev–Trinajstić information content (AvgIpc) is 2.32. The second-order valence-electron chi connectivity index (χ2n) is 4.49. The molecule has 0 fully saturated rings. The largest absolute Gasteiger partial charge is 0.313 e. The SMILES string of the molecule is CC(C)CNCC1=CCCCCC1. The van der Waals surface area contributed by atoms with E-state index in [1.165, 1.54) is 32.1 Å². The van der Waals surface area contributed by atoms with Crippen molar-refractivity contribution in [1.29, 1.82) is 0 Å². The molecule has 0 aromatic heterocycles. The molecular weight excluding hydrogens is 158 g/mol. The van der Waals surface area contributed by atoms with Crippen molar-refractivity contribution in [3.63, 3.8) is 0 Å². The summed E-state index contributed by atoms with van der Waals surface area (Å²) in [4.78, 5) is 0. The van der Waals surface area contributed by atoms with Gasteiger partial charge in [-0.05, 0) is 38.1 Å². The summed E-state index contributed by atoms with van der Waals surface area (Å²) < 4.78 is 0. The third-order valence-corrected chi connectivity index (χ3v) is 2.54. The van der Waals surface area contributed by atoms with E-state index >= 15 is 0 Å². The average molecular weight is 181 g/mol. The maximum absolute atomic E-state index is 3.51. The number of hydrogen-bond donors (Lipinski definition) is 1. The molecule has 0 spiro atoms. The molecule has 0 aromatic carbocycles. The van der Waals surface area contributed by atoms with Crippen LogP contribution < -0.4 is 5.32 Å². The van der Waals surface area contributed by atoms with Gasteiger partial charge in [-0.2, -0.15) is 0 Å². The van der Waals surface area contributed by atoms with Crippen LogP contribution in [0.25, 0.3) is 0 Å². The molecule has 0 atom stereocenters. The minimum Gasteiger partial charge on any atom is -0.313 e. The van der Waals surface area contributed by atoms with Crippen LogP contribution in [0, 0.1) is 5.92 Å². The second kappa shape index (κ2) is 6.20. The first-order valence-corrected chi connectivity index (χ1v) is 5.67. The number of allylic oxidation sites excluding steroid dienone is 1. The maximum Gasteiger partial charge on any atom is 0.0164 e. The van der Waals surface area contributed by atoms with Crippen LogP contribution in [0.5, 0.6) is 0 Å². The van der Waals surface area contributed by atoms with Gasteiger partial charge >= 0.3 is 0 Å². The smallest absolute Gasteiger partial charge is 0.0164 e. The van der Waals surface area contributed by atoms with Gasteiger partial charge in [0.2, 0.25) is 0 Å². The highest BCUT2D eigenvalue weighted by Gasteiger charge is 2.02. The van der Waals surface area contributed by atoms with E-state index in [-0.39, 0.29) is 0 Å². The Balaban J connectivity index is 2.15. The lowest BCUT2D eigenvalue weighted by atomic mass is 10.1. The predicted molar refractivity (Wildman–Crippen MR) is 58.9 cm³/mol. The predicted octanol–water partition coefficient (Wildman–Crippen LogP) is 3.12. The van der Waals surface area contributed by atoms with Crippen molar-refractivity contribution in [3.05, 3.63) is 11.6 Å². The first-order chi connectivity index (χ1) is 6.29. The summed E-state index contributed by atoms with van der Waals surface area (Å²) in [5, 5.41) is 3.51. The van der Waals surface area contributed by atoms with Crippen molar-refractivity contribution >= 4 is 0 Å². The van der Waals surface area contributed by atoms with E-state index in [1.807, 2.05) is 0 Å². The van der Waals surface area contributed by atoms with Crippen LogP contribution in [0.2, 0.25) is 0 Å². The molecule has 0 aliphatic heterocycles. The van der Waals surface area contributed by atoms with Crippen LogP contribution in [0.15, 0.2) is 11.6 Å². The Morgan fingerprint density at radius 3 is 2.92 bits per heavy atom. The van der Waals surface area contributed by atoms with E-state index < -0.39 is 0 Å². The van der Waals surface area contributed by atoms with Crippen LogP contribution in [0.3, 0.4) is 0 Å². The lowest BCUT2D eigenvalue weighted by Crippen LogP contribution is -2.22. The molecule has 0 saturated carbocycles. The van der Waals surface area contributed by atoms with Gasteiger partial charge in [-0.3, -0.25) is 0 Å². The van der Waals surface area contributed by atoms with Crippen molar-refractivity contribution in [2.45, 2.75) is 46.0 Å². The molecule has 0 bridgehead atoms. The highest BCUT2D eigenvalue weighted by molar-refractivity contribution is 5.05. The molecule has 0 amide bonds. The van der Waals surface area contributed by atoms with Crippen molar-refractivity contribution in [3.8, 4) is 0 Å². The van der Waals surface area contributed by atoms with Gasteiger partial charge in [0.25, 0.3) is 0 Å². The molecule has 0 unspecified atom stereocenters. The minimum atomic E-state index is 0.770. The lowest BCUT2D eigenvalue weighted by Gasteiger charge is -2.09. The summed E-state index contributed by atoms with van der Waals surface area (Å²) in [6, 6.07) is 0. The van der Waals surface area contributed by atoms with Gasteiger partial charge in [-0.15, -0.1) is 0 Å². The molecule has 1 N–H and O–H groups in total. The summed E-state index contributed by atoms with van der Waals surface area (Å²) in [6.45, 7) is 6.79. The van der Waals surface area contributed by atoms with E-state index in [0.717, 1.165) is 19.0 Å². The van der Waals surface area contributed by atoms with Gasteiger partial charge in [0, 0.05) is 6.54 Å². The molecule has 0 aromatic rings. The summed E-state index contributed by atoms with van der Waals surface area (Å²) in [5.74, 6) is 0.770. The topological polar surface area (TPSA) is 12.0 Å². The fourth-order valence-corrected chi connectivity index (χ4v) is 1.76. The van der Waals surface area contributed by atoms with Gasteiger partial charge in [-0.25, -0.2) is 0 Å². The van der Waals surface area contributed by atoms with Crippen LogP contribution in [-0.4, -0.2) is 13.1 Å². The van der Waals surface area contributed by atoms with Crippen LogP contribution >= 0.6 is 0 Å². The summed E-state index contributed by atoms with van der Waals surface area (Å²) in [7, 11) is 0. The van der Waals surface area contributed by atoms with Gasteiger partial charge in [-0.1, -0.05) is 31.9 Å². The number of hydrogen-bond acceptors (Lipinski definition) is 1. The molecule has 76 valence electrons. The Bertz CT molecular complexity index is 159. The molecule has 1 rings (SSSR count). The van der Waals surface area contributed by atoms with E-state index in [0.29, 0.717) is 0 Å². The summed E-state index contributed by atoms with van der Waals surface area (Å²) in [5.41, 5.74) is 1.64. The zero-order chi connectivity index (χ0) is 9.52. The maximum atomic E-state index is 3.51. The fourth-order valence-electron chi connectivity index (χ4n) is 1.76. The van der Waals surface area contributed by atoms with Gasteiger partial charge < -0.3 is 5.32 Å². The van der Waals surface area contributed by atoms with E-state index in [1.54, 1.807) is 5.57 Å². The first kappa shape index (κ1) is 10.8. The third kappa shape index (κ3) is 5.09. The molecule has 1 aliphatic rings. The highest BCUT2D eigenvalue weighted by Crippen LogP contribution is 2.16. The standard InChI is InChI=1S/C12H23N/c1-11(2)9-13-10-12-7-5-3-4-6-8-12/h7,11,13H,3-6,8-10H2,1-2H3. The van der Waals surface area contributed by atoms with Crippen LogP contribution in [0.4, 0.5) is 0 Å². The van der Waals surface area contributed by atoms with Crippen molar-refractivity contribution in [2.24, 2.45) is 5.92 Å². The molecule has 1 aliphatic carbocycles. The Hall–Kier alpha value is -0.300. The monoisotopic (exact) mass is 181 g/mol. The molecular formula is C12H23N. The molecule has 13 heavy (non-hydrogen) atoms. The summed E-state index contributed by atoms with van der Waals surface area (Å²) >= 11 is 0. The van der Waals surface area contributed by atoms with Gasteiger partial charge in [0.1, 0.15) is 0 Å². The van der Waals surface area contributed by atoms with E-state index in [9.17, 15) is 0 Å². The van der Waals surface area contributed by atoms with Crippen molar-refractivity contribution in [2.75, 3.05) is 13.1 Å². The van der Waals surface area contributed by atoms with Crippen LogP contribution in [-0.2, 0) is 0 Å². The van der Waals surface area contributed by atoms with Gasteiger partial charge in [0.15, 0.2) is 0 Å². The van der Waals surface area contributed by atoms with Gasteiger partial charge in [0.05, 0.1) is 0 Å². The Morgan fingerprint density at radius 2 is 2.15 bits per heavy atom. The zero-order valence-electron chi connectivity index (χ0n) is 9.10. The summed E-state index contributed by atoms with van der Waals surface area (Å²) in [6.07, 6.45) is 9.29. The normalized spacial score (nSPS) is 18.5. The Kier molecular flexibility index (Phi) is 5.14. The van der Waals surface area contributed by atoms with Crippen molar-refractivity contribution < 1.29 is 0 Å². The Morgan fingerprint density at radius 1 is 1.31 bits per heavy atom. The molecule has 1 heteroatoms. The molecule has 0 heterocycles. The number of rotatable bonds is 4. The molecule has 1 nitrogen and oxygen atoms in total. The zero-order valence-corrected chi connectivity index (χ0v) is 9.10. The first-order valence-electron chi connectivity index (χ1n) is 5.67. The van der Waals surface area contributed by atoms with E-state index in [4.69, 9.17) is 0 Å². The quantitative estimate of drug-likeness (QED) is 0.657. The van der Waals surface area contributed by atoms with E-state index in [2.05, 4.69) is 25.2 Å². The second-order valence-corrected chi connectivity index (χ2v) is 4.49. The van der Waals surface area contributed by atoms with Crippen LogP contribution in [0.1, 0.15) is 46.0 Å². The number of nitrogens with one attached hydrogen (secondary N) is 1. The highest BCUT2D eigenvalue weighted by atomic mass is 14.9.